The van der Waals surface area contributed by atoms with E-state index in [-0.39, 0.29) is 18.7 Å². The molecule has 0 saturated carbocycles. The number of anilines is 2. The molecular formula is C32H28ClN7O2. The van der Waals surface area contributed by atoms with E-state index in [1.165, 1.54) is 16.2 Å². The molecule has 10 heteroatoms. The largest absolute Gasteiger partial charge is 0.341 e. The van der Waals surface area contributed by atoms with E-state index in [0.717, 1.165) is 34.5 Å². The first-order valence-electron chi connectivity index (χ1n) is 13.2. The topological polar surface area (TPSA) is 105 Å². The van der Waals surface area contributed by atoms with E-state index in [4.69, 9.17) is 11.6 Å². The van der Waals surface area contributed by atoms with Gasteiger partial charge in [0.1, 0.15) is 22.2 Å². The lowest BCUT2D eigenvalue weighted by Crippen LogP contribution is -2.33. The van der Waals surface area contributed by atoms with Crippen LogP contribution < -0.4 is 16.2 Å². The summed E-state index contributed by atoms with van der Waals surface area (Å²) in [5, 5.41) is 7.27. The number of fused-ring (bicyclic) bond motifs is 1. The normalized spacial score (nSPS) is 10.8. The van der Waals surface area contributed by atoms with Gasteiger partial charge in [-0.2, -0.15) is 0 Å². The lowest BCUT2D eigenvalue weighted by atomic mass is 10.2. The molecule has 42 heavy (non-hydrogen) atoms. The van der Waals surface area contributed by atoms with Gasteiger partial charge in [-0.1, -0.05) is 35.7 Å². The van der Waals surface area contributed by atoms with Crippen molar-refractivity contribution in [3.05, 3.63) is 123 Å². The molecule has 0 aliphatic rings. The number of aromatic nitrogens is 4. The minimum Gasteiger partial charge on any atom is -0.341 e. The van der Waals surface area contributed by atoms with Crippen LogP contribution in [0, 0.1) is 11.8 Å². The molecule has 0 fully saturated rings. The first-order valence-corrected chi connectivity index (χ1v) is 13.6. The molecule has 0 aliphatic carbocycles. The summed E-state index contributed by atoms with van der Waals surface area (Å²) in [6.45, 7) is 1.21. The van der Waals surface area contributed by atoms with Crippen LogP contribution in [0.1, 0.15) is 27.2 Å². The predicted octanol–water partition coefficient (Wildman–Crippen LogP) is 4.47. The lowest BCUT2D eigenvalue weighted by Gasteiger charge is -2.11. The Morgan fingerprint density at radius 3 is 2.57 bits per heavy atom. The lowest BCUT2D eigenvalue weighted by molar-refractivity contribution is 0.0956. The Balaban J connectivity index is 1.19. The second kappa shape index (κ2) is 13.1. The van der Waals surface area contributed by atoms with Crippen LogP contribution in [0.2, 0.25) is 5.15 Å². The molecule has 4 heterocycles. The maximum atomic E-state index is 12.8. The van der Waals surface area contributed by atoms with E-state index in [0.29, 0.717) is 10.8 Å². The van der Waals surface area contributed by atoms with Crippen LogP contribution in [0.25, 0.3) is 10.9 Å². The number of pyridine rings is 4. The number of benzene rings is 1. The molecule has 9 nitrogen and oxygen atoms in total. The third-order valence-electron chi connectivity index (χ3n) is 6.26. The van der Waals surface area contributed by atoms with Gasteiger partial charge in [0, 0.05) is 30.0 Å². The monoisotopic (exact) mass is 577 g/mol. The third-order valence-corrected chi connectivity index (χ3v) is 6.48. The molecule has 0 saturated heterocycles. The molecule has 0 spiro atoms. The zero-order valence-electron chi connectivity index (χ0n) is 23.1. The van der Waals surface area contributed by atoms with Crippen molar-refractivity contribution in [2.24, 2.45) is 0 Å². The Morgan fingerprint density at radius 1 is 1.00 bits per heavy atom. The molecule has 0 bridgehead atoms. The van der Waals surface area contributed by atoms with Gasteiger partial charge in [0.05, 0.1) is 24.8 Å². The van der Waals surface area contributed by atoms with Crippen molar-refractivity contribution in [2.45, 2.75) is 13.1 Å². The number of carbonyl (C=O) groups excluding carboxylic acids is 1. The molecular weight excluding hydrogens is 550 g/mol. The highest BCUT2D eigenvalue weighted by Gasteiger charge is 2.12. The molecule has 0 unspecified atom stereocenters. The number of hydrogen-bond acceptors (Lipinski definition) is 7. The zero-order valence-corrected chi connectivity index (χ0v) is 23.9. The van der Waals surface area contributed by atoms with Crippen LogP contribution in [0.15, 0.2) is 90.1 Å². The van der Waals surface area contributed by atoms with Crippen LogP contribution in [0.4, 0.5) is 11.5 Å². The molecule has 0 aliphatic heterocycles. The summed E-state index contributed by atoms with van der Waals surface area (Å²) in [6, 6.07) is 20.5. The van der Waals surface area contributed by atoms with Gasteiger partial charge < -0.3 is 20.1 Å². The van der Waals surface area contributed by atoms with Gasteiger partial charge in [-0.3, -0.25) is 9.59 Å². The third kappa shape index (κ3) is 7.37. The molecule has 1 amide bonds. The molecule has 1 aromatic carbocycles. The van der Waals surface area contributed by atoms with E-state index in [1.54, 1.807) is 36.8 Å². The average Bonchev–Trinajstić information content (AvgIpc) is 2.98. The van der Waals surface area contributed by atoms with Gasteiger partial charge in [0.15, 0.2) is 0 Å². The molecule has 5 aromatic rings. The van der Waals surface area contributed by atoms with E-state index in [2.05, 4.69) is 54.5 Å². The highest BCUT2D eigenvalue weighted by molar-refractivity contribution is 6.29. The first-order chi connectivity index (χ1) is 20.3. The molecule has 210 valence electrons. The first kappa shape index (κ1) is 28.5. The second-order valence-corrected chi connectivity index (χ2v) is 10.2. The number of nitrogens with zero attached hydrogens (tertiary/aromatic N) is 5. The molecule has 0 atom stereocenters. The molecule has 4 aromatic heterocycles. The minimum absolute atomic E-state index is 0.0325. The van der Waals surface area contributed by atoms with Crippen molar-refractivity contribution >= 4 is 39.9 Å². The van der Waals surface area contributed by atoms with Crippen molar-refractivity contribution in [2.75, 3.05) is 26.0 Å². The summed E-state index contributed by atoms with van der Waals surface area (Å²) < 4.78 is 1.45. The quantitative estimate of drug-likeness (QED) is 0.207. The molecule has 0 radical (unpaired) electrons. The Hall–Kier alpha value is -5.04. The van der Waals surface area contributed by atoms with Crippen LogP contribution in [-0.4, -0.2) is 51.0 Å². The number of carbonyl (C=O) groups is 1. The fourth-order valence-corrected chi connectivity index (χ4v) is 4.37. The van der Waals surface area contributed by atoms with Crippen molar-refractivity contribution in [3.8, 4) is 11.8 Å². The number of amides is 1. The Kier molecular flexibility index (Phi) is 8.87. The van der Waals surface area contributed by atoms with Gasteiger partial charge in [-0.25, -0.2) is 15.0 Å². The molecule has 2 N–H and O–H groups in total. The average molecular weight is 578 g/mol. The Morgan fingerprint density at radius 2 is 1.81 bits per heavy atom. The Bertz CT molecular complexity index is 1840. The second-order valence-electron chi connectivity index (χ2n) is 9.85. The van der Waals surface area contributed by atoms with Crippen LogP contribution >= 0.6 is 11.6 Å². The highest BCUT2D eigenvalue weighted by atomic mass is 35.5. The van der Waals surface area contributed by atoms with Crippen molar-refractivity contribution in [1.29, 1.82) is 0 Å². The van der Waals surface area contributed by atoms with Gasteiger partial charge in [-0.05, 0) is 79.7 Å². The Labute approximate surface area is 248 Å². The minimum atomic E-state index is -0.499. The van der Waals surface area contributed by atoms with Crippen LogP contribution in [0.5, 0.6) is 0 Å². The standard InChI is InChI=1S/C32H28ClN7O2/c1-39(2)20-22-7-11-25(12-8-22)37-30-14-10-24-17-26(35-19-28(24)38-30)5-3-15-34-31(41)27-6-4-16-40(32(27)42)21-23-9-13-29(33)36-18-23/h4,6-14,16-19H,15,20-21H2,1-2H3,(H,34,41)(H,37,38). The van der Waals surface area contributed by atoms with Crippen LogP contribution in [-0.2, 0) is 13.1 Å². The zero-order chi connectivity index (χ0) is 29.5. The number of halogens is 1. The number of nitrogens with one attached hydrogen (secondary N) is 2. The van der Waals surface area contributed by atoms with E-state index in [1.807, 2.05) is 44.4 Å². The van der Waals surface area contributed by atoms with E-state index >= 15 is 0 Å². The van der Waals surface area contributed by atoms with Crippen LogP contribution in [0.3, 0.4) is 0 Å². The molecule has 5 rings (SSSR count). The predicted molar refractivity (Wildman–Crippen MR) is 165 cm³/mol. The van der Waals surface area contributed by atoms with Gasteiger partial charge in [-0.15, -0.1) is 0 Å². The van der Waals surface area contributed by atoms with Gasteiger partial charge >= 0.3 is 0 Å². The smallest absolute Gasteiger partial charge is 0.263 e. The number of hydrogen-bond donors (Lipinski definition) is 2. The maximum absolute atomic E-state index is 12.8. The van der Waals surface area contributed by atoms with E-state index < -0.39 is 11.5 Å². The van der Waals surface area contributed by atoms with E-state index in [9.17, 15) is 9.59 Å². The fraction of sp³-hybridized carbons (Fsp3) is 0.156. The summed E-state index contributed by atoms with van der Waals surface area (Å²) >= 11 is 5.83. The van der Waals surface area contributed by atoms with Crippen molar-refractivity contribution in [3.63, 3.8) is 0 Å². The SMILES string of the molecule is CN(C)Cc1ccc(Nc2ccc3cc(C#CCNC(=O)c4cccn(Cc5ccc(Cl)nc5)c4=O)ncc3n2)cc1. The van der Waals surface area contributed by atoms with Crippen molar-refractivity contribution in [1.82, 2.24) is 29.7 Å². The summed E-state index contributed by atoms with van der Waals surface area (Å²) in [7, 11) is 4.09. The highest BCUT2D eigenvalue weighted by Crippen LogP contribution is 2.20. The number of rotatable bonds is 8. The fourth-order valence-electron chi connectivity index (χ4n) is 4.26. The maximum Gasteiger partial charge on any atom is 0.263 e. The van der Waals surface area contributed by atoms with Gasteiger partial charge in [0.25, 0.3) is 11.5 Å². The summed E-state index contributed by atoms with van der Waals surface area (Å²) in [5.74, 6) is 6.07. The van der Waals surface area contributed by atoms with Crippen molar-refractivity contribution < 1.29 is 4.79 Å². The summed E-state index contributed by atoms with van der Waals surface area (Å²) in [5.41, 5.74) is 3.89. The summed E-state index contributed by atoms with van der Waals surface area (Å²) in [4.78, 5) is 40.7. The van der Waals surface area contributed by atoms with Gasteiger partial charge in [0.2, 0.25) is 0 Å². The summed E-state index contributed by atoms with van der Waals surface area (Å²) in [6.07, 6.45) is 4.89.